The van der Waals surface area contributed by atoms with Crippen LogP contribution in [0.2, 0.25) is 0 Å². The van der Waals surface area contributed by atoms with E-state index >= 15 is 0 Å². The van der Waals surface area contributed by atoms with Crippen molar-refractivity contribution in [1.29, 1.82) is 0 Å². The number of rotatable bonds is 19. The summed E-state index contributed by atoms with van der Waals surface area (Å²) < 4.78 is 11.3. The first kappa shape index (κ1) is 35.5. The van der Waals surface area contributed by atoms with Crippen molar-refractivity contribution in [3.8, 4) is 5.75 Å². The molecule has 5 aromatic rings. The Morgan fingerprint density at radius 2 is 1.22 bits per heavy atom. The number of hydrogen-bond acceptors (Lipinski definition) is 11. The molecule has 4 aromatic carbocycles. The fourth-order valence-electron chi connectivity index (χ4n) is 4.84. The van der Waals surface area contributed by atoms with E-state index < -0.39 is 0 Å². The van der Waals surface area contributed by atoms with Gasteiger partial charge in [0.25, 0.3) is 5.91 Å². The second kappa shape index (κ2) is 18.6. The number of ketones is 1. The Labute approximate surface area is 291 Å². The highest BCUT2D eigenvalue weighted by atomic mass is 16.5. The maximum atomic E-state index is 12.8. The van der Waals surface area contributed by atoms with Crippen molar-refractivity contribution in [3.05, 3.63) is 126 Å². The van der Waals surface area contributed by atoms with Gasteiger partial charge in [-0.1, -0.05) is 60.7 Å². The van der Waals surface area contributed by atoms with Crippen LogP contribution in [-0.4, -0.2) is 64.7 Å². The third-order valence-electron chi connectivity index (χ3n) is 7.50. The van der Waals surface area contributed by atoms with Crippen molar-refractivity contribution in [2.45, 2.75) is 25.8 Å². The van der Waals surface area contributed by atoms with Crippen LogP contribution in [0.4, 0.5) is 29.2 Å². The van der Waals surface area contributed by atoms with Gasteiger partial charge in [-0.2, -0.15) is 15.0 Å². The van der Waals surface area contributed by atoms with Crippen LogP contribution in [-0.2, 0) is 9.47 Å². The van der Waals surface area contributed by atoms with Crippen LogP contribution in [0.1, 0.15) is 52.1 Å². The number of ether oxygens (including phenoxy) is 2. The molecular weight excluding hydrogens is 634 g/mol. The lowest BCUT2D eigenvalue weighted by Gasteiger charge is -2.15. The number of phenolic OH excluding ortho intramolecular Hbond substituents is 1. The van der Waals surface area contributed by atoms with E-state index in [-0.39, 0.29) is 35.4 Å². The van der Waals surface area contributed by atoms with E-state index in [1.54, 1.807) is 48.5 Å². The normalized spacial score (nSPS) is 11.4. The molecule has 1 atom stereocenters. The smallest absolute Gasteiger partial charge is 0.251 e. The van der Waals surface area contributed by atoms with Crippen LogP contribution in [0, 0.1) is 0 Å². The van der Waals surface area contributed by atoms with Gasteiger partial charge in [-0.05, 0) is 67.4 Å². The van der Waals surface area contributed by atoms with Gasteiger partial charge in [-0.15, -0.1) is 0 Å². The number of nitrogens with zero attached hydrogens (tertiary/aromatic N) is 3. The monoisotopic (exact) mass is 675 g/mol. The highest BCUT2D eigenvalue weighted by Crippen LogP contribution is 2.21. The van der Waals surface area contributed by atoms with E-state index in [9.17, 15) is 14.7 Å². The molecule has 0 bridgehead atoms. The molecule has 0 aliphatic rings. The van der Waals surface area contributed by atoms with E-state index in [0.29, 0.717) is 68.7 Å². The zero-order valence-electron chi connectivity index (χ0n) is 27.8. The number of Topliss-reactive ketones (excluding diaryl/α,β-unsaturated/α-hetero) is 1. The van der Waals surface area contributed by atoms with Crippen molar-refractivity contribution in [2.24, 2.45) is 0 Å². The van der Waals surface area contributed by atoms with Gasteiger partial charge in [0.15, 0.2) is 5.78 Å². The summed E-state index contributed by atoms with van der Waals surface area (Å²) in [5.41, 5.74) is 3.62. The number of phenols is 1. The molecule has 0 spiro atoms. The fourth-order valence-corrected chi connectivity index (χ4v) is 4.84. The number of anilines is 5. The molecule has 0 saturated carbocycles. The lowest BCUT2D eigenvalue weighted by Crippen LogP contribution is -2.26. The first-order valence-electron chi connectivity index (χ1n) is 16.5. The summed E-state index contributed by atoms with van der Waals surface area (Å²) in [6.45, 7) is 4.08. The van der Waals surface area contributed by atoms with Gasteiger partial charge in [0.1, 0.15) is 5.75 Å². The topological polar surface area (TPSA) is 160 Å². The molecule has 258 valence electrons. The molecule has 50 heavy (non-hydrogen) atoms. The average Bonchev–Trinajstić information content (AvgIpc) is 3.14. The predicted molar refractivity (Wildman–Crippen MR) is 193 cm³/mol. The standard InChI is InChI=1S/C38H41N7O5/c1-27(28-9-4-2-5-10-28)40-35(48)30-14-16-31(17-15-30)41-37-43-36(44-38(45-37)42-32-18-20-33(46)21-19-32)39-22-24-50-26-25-49-23-8-13-34(47)29-11-6-3-7-12-29/h2-7,9-12,14-21,27,46H,8,13,22-26H2,1H3,(H,40,48)(H3,39,41,42,43,44,45)/t27-/m1/s1. The van der Waals surface area contributed by atoms with Crippen LogP contribution in [0.15, 0.2) is 109 Å². The molecule has 0 saturated heterocycles. The van der Waals surface area contributed by atoms with Crippen LogP contribution in [0.5, 0.6) is 5.75 Å². The summed E-state index contributed by atoms with van der Waals surface area (Å²) in [7, 11) is 0. The maximum absolute atomic E-state index is 12.8. The van der Waals surface area contributed by atoms with Crippen LogP contribution in [0.25, 0.3) is 0 Å². The Kier molecular flexibility index (Phi) is 13.2. The summed E-state index contributed by atoms with van der Waals surface area (Å²) in [5, 5.41) is 22.1. The van der Waals surface area contributed by atoms with Crippen LogP contribution in [0.3, 0.4) is 0 Å². The third-order valence-corrected chi connectivity index (χ3v) is 7.50. The Morgan fingerprint density at radius 3 is 1.86 bits per heavy atom. The third kappa shape index (κ3) is 11.4. The van der Waals surface area contributed by atoms with E-state index in [2.05, 4.69) is 36.2 Å². The second-order valence-electron chi connectivity index (χ2n) is 11.3. The van der Waals surface area contributed by atoms with Gasteiger partial charge >= 0.3 is 0 Å². The zero-order valence-corrected chi connectivity index (χ0v) is 27.8. The molecule has 1 aromatic heterocycles. The molecule has 0 unspecified atom stereocenters. The van der Waals surface area contributed by atoms with E-state index in [1.807, 2.05) is 67.6 Å². The maximum Gasteiger partial charge on any atom is 0.251 e. The highest BCUT2D eigenvalue weighted by Gasteiger charge is 2.13. The first-order chi connectivity index (χ1) is 24.4. The van der Waals surface area contributed by atoms with E-state index in [4.69, 9.17) is 9.47 Å². The number of carbonyl (C=O) groups is 2. The predicted octanol–water partition coefficient (Wildman–Crippen LogP) is 6.66. The van der Waals surface area contributed by atoms with Crippen molar-refractivity contribution < 1.29 is 24.2 Å². The lowest BCUT2D eigenvalue weighted by atomic mass is 10.1. The molecule has 12 nitrogen and oxygen atoms in total. The first-order valence-corrected chi connectivity index (χ1v) is 16.5. The average molecular weight is 676 g/mol. The summed E-state index contributed by atoms with van der Waals surface area (Å²) in [5.74, 6) is 0.953. The minimum atomic E-state index is -0.177. The molecule has 5 rings (SSSR count). The summed E-state index contributed by atoms with van der Waals surface area (Å²) in [6, 6.07) is 32.5. The lowest BCUT2D eigenvalue weighted by molar-refractivity contribution is 0.0497. The number of aromatic hydroxyl groups is 1. The van der Waals surface area contributed by atoms with Crippen molar-refractivity contribution in [2.75, 3.05) is 48.9 Å². The molecule has 0 aliphatic heterocycles. The number of hydrogen-bond donors (Lipinski definition) is 5. The molecule has 0 radical (unpaired) electrons. The number of nitrogens with one attached hydrogen (secondary N) is 4. The van der Waals surface area contributed by atoms with Crippen LogP contribution < -0.4 is 21.3 Å². The van der Waals surface area contributed by atoms with Gasteiger partial charge in [0.2, 0.25) is 17.8 Å². The molecule has 0 aliphatic carbocycles. The highest BCUT2D eigenvalue weighted by molar-refractivity contribution is 5.96. The largest absolute Gasteiger partial charge is 0.508 e. The molecular formula is C38H41N7O5. The van der Waals surface area contributed by atoms with Crippen LogP contribution >= 0.6 is 0 Å². The summed E-state index contributed by atoms with van der Waals surface area (Å²) in [6.07, 6.45) is 1.09. The number of aromatic nitrogens is 3. The van der Waals surface area contributed by atoms with Crippen molar-refractivity contribution in [1.82, 2.24) is 20.3 Å². The van der Waals surface area contributed by atoms with Gasteiger partial charge in [-0.3, -0.25) is 9.59 Å². The SMILES string of the molecule is C[C@@H](NC(=O)c1ccc(Nc2nc(NCCOCCOCCCC(=O)c3ccccc3)nc(Nc3ccc(O)cc3)n2)cc1)c1ccccc1. The number of carbonyl (C=O) groups excluding carboxylic acids is 2. The van der Waals surface area contributed by atoms with E-state index in [1.165, 1.54) is 0 Å². The molecule has 12 heteroatoms. The van der Waals surface area contributed by atoms with Gasteiger partial charge in [-0.25, -0.2) is 0 Å². The van der Waals surface area contributed by atoms with Gasteiger partial charge in [0, 0.05) is 42.1 Å². The molecule has 1 amide bonds. The van der Waals surface area contributed by atoms with Crippen molar-refractivity contribution >= 4 is 40.9 Å². The Hall–Kier alpha value is -5.85. The minimum Gasteiger partial charge on any atom is -0.508 e. The molecule has 5 N–H and O–H groups in total. The van der Waals surface area contributed by atoms with Crippen molar-refractivity contribution in [3.63, 3.8) is 0 Å². The van der Waals surface area contributed by atoms with Gasteiger partial charge in [0.05, 0.1) is 25.9 Å². The number of amides is 1. The Morgan fingerprint density at radius 1 is 0.660 bits per heavy atom. The molecule has 1 heterocycles. The quantitative estimate of drug-likeness (QED) is 0.0362. The van der Waals surface area contributed by atoms with Gasteiger partial charge < -0.3 is 35.8 Å². The Bertz CT molecular complexity index is 1790. The second-order valence-corrected chi connectivity index (χ2v) is 11.3. The van der Waals surface area contributed by atoms with E-state index in [0.717, 1.165) is 11.1 Å². The summed E-state index contributed by atoms with van der Waals surface area (Å²) >= 11 is 0. The summed E-state index contributed by atoms with van der Waals surface area (Å²) in [4.78, 5) is 38.5. The minimum absolute atomic E-state index is 0.112. The molecule has 0 fully saturated rings. The number of benzene rings is 4. The fraction of sp³-hybridized carbons (Fsp3) is 0.237. The zero-order chi connectivity index (χ0) is 35.0. The Balaban J connectivity index is 1.10.